The summed E-state index contributed by atoms with van der Waals surface area (Å²) >= 11 is 0. The molecule has 0 aliphatic carbocycles. The van der Waals surface area contributed by atoms with Gasteiger partial charge >= 0.3 is 0 Å². The first-order chi connectivity index (χ1) is 8.06. The van der Waals surface area contributed by atoms with Gasteiger partial charge in [0.1, 0.15) is 6.23 Å². The quantitative estimate of drug-likeness (QED) is 0.817. The number of aliphatic hydroxyl groups is 1. The van der Waals surface area contributed by atoms with Crippen LogP contribution in [0.25, 0.3) is 0 Å². The summed E-state index contributed by atoms with van der Waals surface area (Å²) in [6.45, 7) is 8.15. The number of nitrogens with one attached hydrogen (secondary N) is 1. The standard InChI is InChI=1S/C14H22N2O/c1-10-4-6-13(7-5-10)14(17)16-8-11(2)15-12(3)9-16/h4-7,11-12,14-15,17H,8-9H2,1-3H3/t11-,12+,14?. The van der Waals surface area contributed by atoms with Gasteiger partial charge in [-0.3, -0.25) is 4.90 Å². The lowest BCUT2D eigenvalue weighted by Crippen LogP contribution is -2.54. The molecule has 1 heterocycles. The summed E-state index contributed by atoms with van der Waals surface area (Å²) in [5, 5.41) is 13.8. The first kappa shape index (κ1) is 12.6. The van der Waals surface area contributed by atoms with E-state index in [1.807, 2.05) is 24.3 Å². The number of rotatable bonds is 2. The molecule has 1 unspecified atom stereocenters. The highest BCUT2D eigenvalue weighted by Crippen LogP contribution is 2.20. The minimum Gasteiger partial charge on any atom is -0.374 e. The number of hydrogen-bond donors (Lipinski definition) is 2. The molecule has 1 aliphatic heterocycles. The minimum atomic E-state index is -0.484. The summed E-state index contributed by atoms with van der Waals surface area (Å²) in [4.78, 5) is 2.14. The average molecular weight is 234 g/mol. The minimum absolute atomic E-state index is 0.429. The molecule has 1 aromatic carbocycles. The van der Waals surface area contributed by atoms with Crippen molar-refractivity contribution in [2.75, 3.05) is 13.1 Å². The second kappa shape index (κ2) is 5.17. The molecule has 1 fully saturated rings. The third-order valence-electron chi connectivity index (χ3n) is 3.31. The number of aryl methyl sites for hydroxylation is 1. The topological polar surface area (TPSA) is 35.5 Å². The predicted octanol–water partition coefficient (Wildman–Crippen LogP) is 1.67. The Morgan fingerprint density at radius 1 is 1.18 bits per heavy atom. The molecular weight excluding hydrogens is 212 g/mol. The second-order valence-electron chi connectivity index (χ2n) is 5.21. The first-order valence-corrected chi connectivity index (χ1v) is 6.31. The molecule has 0 aromatic heterocycles. The monoisotopic (exact) mass is 234 g/mol. The van der Waals surface area contributed by atoms with Gasteiger partial charge in [-0.15, -0.1) is 0 Å². The van der Waals surface area contributed by atoms with Crippen molar-refractivity contribution in [3.63, 3.8) is 0 Å². The highest BCUT2D eigenvalue weighted by Gasteiger charge is 2.26. The van der Waals surface area contributed by atoms with Gasteiger partial charge in [0.25, 0.3) is 0 Å². The molecule has 2 rings (SSSR count). The molecule has 1 aromatic rings. The number of hydrogen-bond acceptors (Lipinski definition) is 3. The van der Waals surface area contributed by atoms with Crippen LogP contribution in [0.1, 0.15) is 31.2 Å². The Hall–Kier alpha value is -0.900. The lowest BCUT2D eigenvalue weighted by Gasteiger charge is -2.38. The third-order valence-corrected chi connectivity index (χ3v) is 3.31. The fraction of sp³-hybridized carbons (Fsp3) is 0.571. The van der Waals surface area contributed by atoms with Gasteiger partial charge < -0.3 is 10.4 Å². The van der Waals surface area contributed by atoms with Crippen LogP contribution in [0.5, 0.6) is 0 Å². The Labute approximate surface area is 103 Å². The van der Waals surface area contributed by atoms with Gasteiger partial charge in [0.05, 0.1) is 0 Å². The molecule has 2 N–H and O–H groups in total. The summed E-state index contributed by atoms with van der Waals surface area (Å²) in [7, 11) is 0. The molecule has 3 atom stereocenters. The SMILES string of the molecule is Cc1ccc(C(O)N2C[C@@H](C)N[C@@H](C)C2)cc1. The van der Waals surface area contributed by atoms with Gasteiger partial charge in [-0.1, -0.05) is 29.8 Å². The molecule has 94 valence electrons. The summed E-state index contributed by atoms with van der Waals surface area (Å²) in [5.41, 5.74) is 2.21. The van der Waals surface area contributed by atoms with E-state index >= 15 is 0 Å². The summed E-state index contributed by atoms with van der Waals surface area (Å²) in [6, 6.07) is 8.98. The molecule has 1 saturated heterocycles. The van der Waals surface area contributed by atoms with Gasteiger partial charge in [0.15, 0.2) is 0 Å². The zero-order valence-electron chi connectivity index (χ0n) is 10.9. The van der Waals surface area contributed by atoms with Crippen molar-refractivity contribution in [3.05, 3.63) is 35.4 Å². The van der Waals surface area contributed by atoms with Gasteiger partial charge in [-0.2, -0.15) is 0 Å². The fourth-order valence-corrected chi connectivity index (χ4v) is 2.52. The van der Waals surface area contributed by atoms with E-state index in [2.05, 4.69) is 31.0 Å². The highest BCUT2D eigenvalue weighted by atomic mass is 16.3. The van der Waals surface area contributed by atoms with E-state index in [1.165, 1.54) is 5.56 Å². The van der Waals surface area contributed by atoms with Crippen molar-refractivity contribution in [2.24, 2.45) is 0 Å². The van der Waals surface area contributed by atoms with Crippen LogP contribution in [-0.2, 0) is 0 Å². The fourth-order valence-electron chi connectivity index (χ4n) is 2.52. The zero-order valence-corrected chi connectivity index (χ0v) is 10.9. The second-order valence-corrected chi connectivity index (χ2v) is 5.21. The Kier molecular flexibility index (Phi) is 3.82. The van der Waals surface area contributed by atoms with E-state index in [4.69, 9.17) is 0 Å². The Balaban J connectivity index is 2.08. The summed E-state index contributed by atoms with van der Waals surface area (Å²) in [5.74, 6) is 0. The van der Waals surface area contributed by atoms with Crippen molar-refractivity contribution >= 4 is 0 Å². The van der Waals surface area contributed by atoms with Crippen LogP contribution in [0.2, 0.25) is 0 Å². The van der Waals surface area contributed by atoms with E-state index in [-0.39, 0.29) is 0 Å². The van der Waals surface area contributed by atoms with E-state index < -0.39 is 6.23 Å². The smallest absolute Gasteiger partial charge is 0.133 e. The number of piperazine rings is 1. The van der Waals surface area contributed by atoms with Gasteiger partial charge in [0, 0.05) is 25.2 Å². The lowest BCUT2D eigenvalue weighted by molar-refractivity contribution is -0.0231. The van der Waals surface area contributed by atoms with Crippen LogP contribution in [0, 0.1) is 6.92 Å². The maximum atomic E-state index is 10.4. The largest absolute Gasteiger partial charge is 0.374 e. The van der Waals surface area contributed by atoms with E-state index in [9.17, 15) is 5.11 Å². The maximum Gasteiger partial charge on any atom is 0.133 e. The van der Waals surface area contributed by atoms with Crippen molar-refractivity contribution < 1.29 is 5.11 Å². The predicted molar refractivity (Wildman–Crippen MR) is 69.8 cm³/mol. The van der Waals surface area contributed by atoms with Crippen LogP contribution < -0.4 is 5.32 Å². The first-order valence-electron chi connectivity index (χ1n) is 6.31. The molecule has 0 amide bonds. The molecule has 0 saturated carbocycles. The molecule has 3 heteroatoms. The molecule has 0 radical (unpaired) electrons. The average Bonchev–Trinajstić information content (AvgIpc) is 2.28. The number of benzene rings is 1. The lowest BCUT2D eigenvalue weighted by atomic mass is 10.1. The van der Waals surface area contributed by atoms with Crippen molar-refractivity contribution in [1.29, 1.82) is 0 Å². The maximum absolute atomic E-state index is 10.4. The van der Waals surface area contributed by atoms with Gasteiger partial charge in [-0.25, -0.2) is 0 Å². The van der Waals surface area contributed by atoms with Crippen LogP contribution in [0.4, 0.5) is 0 Å². The van der Waals surface area contributed by atoms with Crippen LogP contribution >= 0.6 is 0 Å². The molecule has 1 aliphatic rings. The van der Waals surface area contributed by atoms with E-state index in [1.54, 1.807) is 0 Å². The van der Waals surface area contributed by atoms with Crippen molar-refractivity contribution in [2.45, 2.75) is 39.1 Å². The zero-order chi connectivity index (χ0) is 12.4. The van der Waals surface area contributed by atoms with Crippen molar-refractivity contribution in [3.8, 4) is 0 Å². The number of nitrogens with zero attached hydrogens (tertiary/aromatic N) is 1. The van der Waals surface area contributed by atoms with Crippen LogP contribution in [-0.4, -0.2) is 35.2 Å². The Morgan fingerprint density at radius 3 is 2.24 bits per heavy atom. The molecule has 0 bridgehead atoms. The van der Waals surface area contributed by atoms with E-state index in [0.29, 0.717) is 12.1 Å². The summed E-state index contributed by atoms with van der Waals surface area (Å²) < 4.78 is 0. The summed E-state index contributed by atoms with van der Waals surface area (Å²) in [6.07, 6.45) is -0.484. The third kappa shape index (κ3) is 3.06. The van der Waals surface area contributed by atoms with Crippen LogP contribution in [0.15, 0.2) is 24.3 Å². The molecule has 3 nitrogen and oxygen atoms in total. The molecule has 17 heavy (non-hydrogen) atoms. The normalized spacial score (nSPS) is 28.0. The highest BCUT2D eigenvalue weighted by molar-refractivity contribution is 5.23. The van der Waals surface area contributed by atoms with Gasteiger partial charge in [0.2, 0.25) is 0 Å². The molecular formula is C14H22N2O. The van der Waals surface area contributed by atoms with Gasteiger partial charge in [-0.05, 0) is 26.3 Å². The Bertz CT molecular complexity index is 353. The van der Waals surface area contributed by atoms with E-state index in [0.717, 1.165) is 18.7 Å². The number of aliphatic hydroxyl groups excluding tert-OH is 1. The molecule has 0 spiro atoms. The van der Waals surface area contributed by atoms with Crippen LogP contribution in [0.3, 0.4) is 0 Å². The Morgan fingerprint density at radius 2 is 1.71 bits per heavy atom. The van der Waals surface area contributed by atoms with Crippen molar-refractivity contribution in [1.82, 2.24) is 10.2 Å².